The Morgan fingerprint density at radius 3 is 2.38 bits per heavy atom. The molecule has 0 aromatic heterocycles. The van der Waals surface area contributed by atoms with E-state index in [2.05, 4.69) is 4.90 Å². The molecule has 0 bridgehead atoms. The summed E-state index contributed by atoms with van der Waals surface area (Å²) in [6.07, 6.45) is 0. The van der Waals surface area contributed by atoms with Gasteiger partial charge in [0.1, 0.15) is 0 Å². The van der Waals surface area contributed by atoms with Crippen molar-refractivity contribution in [3.05, 3.63) is 81.9 Å². The minimum Gasteiger partial charge on any atom is -0.375 e. The average Bonchev–Trinajstić information content (AvgIpc) is 2.94. The van der Waals surface area contributed by atoms with Crippen molar-refractivity contribution in [3.8, 4) is 0 Å². The second kappa shape index (κ2) is 7.55. The van der Waals surface area contributed by atoms with Gasteiger partial charge < -0.3 is 4.74 Å². The first-order chi connectivity index (χ1) is 11.7. The zero-order valence-electron chi connectivity index (χ0n) is 13.7. The lowest BCUT2D eigenvalue weighted by Gasteiger charge is -2.24. The maximum Gasteiger partial charge on any atom is 0.233 e. The Labute approximate surface area is 142 Å². The number of rotatable bonds is 6. The Balaban J connectivity index is 1.72. The van der Waals surface area contributed by atoms with E-state index in [0.717, 1.165) is 11.1 Å². The third-order valence-corrected chi connectivity index (χ3v) is 4.73. The maximum absolute atomic E-state index is 11.5. The highest BCUT2D eigenvalue weighted by atomic mass is 16.6. The van der Waals surface area contributed by atoms with Gasteiger partial charge >= 0.3 is 0 Å². The minimum atomic E-state index is -0.595. The molecule has 0 unspecified atom stereocenters. The topological polar surface area (TPSA) is 55.6 Å². The van der Waals surface area contributed by atoms with Crippen molar-refractivity contribution in [2.75, 3.05) is 20.2 Å². The largest absolute Gasteiger partial charge is 0.375 e. The van der Waals surface area contributed by atoms with Crippen LogP contribution >= 0.6 is 0 Å². The molecule has 1 fully saturated rings. The molecule has 0 spiro atoms. The molecular weight excluding hydrogens is 304 g/mol. The lowest BCUT2D eigenvalue weighted by atomic mass is 9.89. The summed E-state index contributed by atoms with van der Waals surface area (Å²) in [5.41, 5.74) is 2.12. The smallest absolute Gasteiger partial charge is 0.233 e. The number of likely N-dealkylation sites (N-methyl/N-ethyl adjacent to an activating group) is 1. The van der Waals surface area contributed by atoms with Gasteiger partial charge in [0.05, 0.1) is 25.7 Å². The van der Waals surface area contributed by atoms with Gasteiger partial charge in [-0.2, -0.15) is 0 Å². The van der Waals surface area contributed by atoms with Crippen LogP contribution in [0.2, 0.25) is 0 Å². The zero-order valence-corrected chi connectivity index (χ0v) is 13.7. The summed E-state index contributed by atoms with van der Waals surface area (Å²) in [5, 5.41) is 11.5. The second-order valence-electron chi connectivity index (χ2n) is 6.30. The van der Waals surface area contributed by atoms with Crippen molar-refractivity contribution < 1.29 is 9.66 Å². The lowest BCUT2D eigenvalue weighted by Crippen LogP contribution is -2.34. The predicted octanol–water partition coefficient (Wildman–Crippen LogP) is 2.95. The Hall–Kier alpha value is -2.24. The normalized spacial score (nSPS) is 24.1. The van der Waals surface area contributed by atoms with Gasteiger partial charge in [-0.25, -0.2) is 0 Å². The molecule has 1 saturated heterocycles. The van der Waals surface area contributed by atoms with Gasteiger partial charge in [-0.3, -0.25) is 15.0 Å². The molecule has 5 nitrogen and oxygen atoms in total. The van der Waals surface area contributed by atoms with Crippen molar-refractivity contribution >= 4 is 0 Å². The fraction of sp³-hybridized carbons (Fsp3) is 0.368. The third-order valence-electron chi connectivity index (χ3n) is 4.73. The summed E-state index contributed by atoms with van der Waals surface area (Å²) in [4.78, 5) is 13.4. The molecular formula is C19H22N2O3. The average molecular weight is 326 g/mol. The molecule has 2 aromatic rings. The third kappa shape index (κ3) is 3.63. The molecule has 1 heterocycles. The molecule has 0 N–H and O–H groups in total. The quantitative estimate of drug-likeness (QED) is 0.605. The van der Waals surface area contributed by atoms with E-state index in [1.54, 1.807) is 0 Å². The summed E-state index contributed by atoms with van der Waals surface area (Å²) in [6.45, 7) is 1.46. The van der Waals surface area contributed by atoms with Crippen LogP contribution in [-0.2, 0) is 11.3 Å². The zero-order chi connectivity index (χ0) is 16.9. The van der Waals surface area contributed by atoms with Crippen LogP contribution in [0, 0.1) is 10.1 Å². The molecule has 3 rings (SSSR count). The van der Waals surface area contributed by atoms with Crippen LogP contribution in [0.1, 0.15) is 17.0 Å². The molecule has 0 saturated carbocycles. The van der Waals surface area contributed by atoms with E-state index in [1.165, 1.54) is 0 Å². The molecule has 2 aromatic carbocycles. The monoisotopic (exact) mass is 326 g/mol. The highest BCUT2D eigenvalue weighted by molar-refractivity contribution is 5.25. The van der Waals surface area contributed by atoms with Gasteiger partial charge in [0, 0.05) is 11.0 Å². The van der Waals surface area contributed by atoms with Gasteiger partial charge in [0.15, 0.2) is 0 Å². The summed E-state index contributed by atoms with van der Waals surface area (Å²) < 4.78 is 5.89. The van der Waals surface area contributed by atoms with Crippen LogP contribution in [0.3, 0.4) is 0 Å². The minimum absolute atomic E-state index is 0.00603. The number of ether oxygens (including phenoxy) is 1. The number of benzene rings is 2. The van der Waals surface area contributed by atoms with Crippen LogP contribution in [-0.4, -0.2) is 42.1 Å². The van der Waals surface area contributed by atoms with E-state index >= 15 is 0 Å². The first kappa shape index (κ1) is 16.6. The SMILES string of the molecule is CN1C[C@@H]([N+](=O)[O-])[C@H](c2ccccc2)[C@@H]1COCc1ccccc1. The predicted molar refractivity (Wildman–Crippen MR) is 92.5 cm³/mol. The van der Waals surface area contributed by atoms with E-state index in [0.29, 0.717) is 19.8 Å². The number of nitrogens with zero attached hydrogens (tertiary/aromatic N) is 2. The molecule has 24 heavy (non-hydrogen) atoms. The van der Waals surface area contributed by atoms with Crippen LogP contribution in [0.15, 0.2) is 60.7 Å². The molecule has 1 aliphatic heterocycles. The van der Waals surface area contributed by atoms with Gasteiger partial charge in [-0.1, -0.05) is 60.7 Å². The Bertz CT molecular complexity index is 663. The van der Waals surface area contributed by atoms with Crippen LogP contribution in [0.4, 0.5) is 0 Å². The van der Waals surface area contributed by atoms with Gasteiger partial charge in [0.2, 0.25) is 6.04 Å². The molecule has 0 aliphatic carbocycles. The van der Waals surface area contributed by atoms with Crippen LogP contribution in [0.5, 0.6) is 0 Å². The summed E-state index contributed by atoms with van der Waals surface area (Å²) >= 11 is 0. The van der Waals surface area contributed by atoms with E-state index in [1.807, 2.05) is 67.7 Å². The first-order valence-electron chi connectivity index (χ1n) is 8.17. The van der Waals surface area contributed by atoms with Crippen molar-refractivity contribution in [2.45, 2.75) is 24.6 Å². The molecule has 0 radical (unpaired) electrons. The fourth-order valence-electron chi connectivity index (χ4n) is 3.49. The van der Waals surface area contributed by atoms with E-state index in [-0.39, 0.29) is 16.9 Å². The lowest BCUT2D eigenvalue weighted by molar-refractivity contribution is -0.521. The second-order valence-corrected chi connectivity index (χ2v) is 6.30. The molecule has 3 atom stereocenters. The van der Waals surface area contributed by atoms with Gasteiger partial charge in [0.25, 0.3) is 0 Å². The Morgan fingerprint density at radius 1 is 1.12 bits per heavy atom. The Morgan fingerprint density at radius 2 is 1.75 bits per heavy atom. The van der Waals surface area contributed by atoms with E-state index in [4.69, 9.17) is 4.74 Å². The van der Waals surface area contributed by atoms with Crippen molar-refractivity contribution in [2.24, 2.45) is 0 Å². The van der Waals surface area contributed by atoms with Crippen molar-refractivity contribution in [1.29, 1.82) is 0 Å². The fourth-order valence-corrected chi connectivity index (χ4v) is 3.49. The molecule has 126 valence electrons. The summed E-state index contributed by atoms with van der Waals surface area (Å²) in [6, 6.07) is 19.2. The molecule has 1 aliphatic rings. The standard InChI is InChI=1S/C19H22N2O3/c1-20-12-17(21(22)23)19(16-10-6-3-7-11-16)18(20)14-24-13-15-8-4-2-5-9-15/h2-11,17-19H,12-14H2,1H3/t17-,18+,19+/m1/s1. The van der Waals surface area contributed by atoms with Crippen LogP contribution in [0.25, 0.3) is 0 Å². The number of hydrogen-bond acceptors (Lipinski definition) is 4. The van der Waals surface area contributed by atoms with Crippen LogP contribution < -0.4 is 0 Å². The maximum atomic E-state index is 11.5. The Kier molecular flexibility index (Phi) is 5.23. The van der Waals surface area contributed by atoms with E-state index in [9.17, 15) is 10.1 Å². The molecule has 0 amide bonds. The van der Waals surface area contributed by atoms with E-state index < -0.39 is 6.04 Å². The highest BCUT2D eigenvalue weighted by Gasteiger charge is 2.47. The number of likely N-dealkylation sites (tertiary alicyclic amines) is 1. The first-order valence-corrected chi connectivity index (χ1v) is 8.17. The highest BCUT2D eigenvalue weighted by Crippen LogP contribution is 2.34. The number of hydrogen-bond donors (Lipinski definition) is 0. The van der Waals surface area contributed by atoms with Gasteiger partial charge in [-0.05, 0) is 18.2 Å². The van der Waals surface area contributed by atoms with Crippen molar-refractivity contribution in [3.63, 3.8) is 0 Å². The summed E-state index contributed by atoms with van der Waals surface area (Å²) in [5.74, 6) is -0.151. The van der Waals surface area contributed by atoms with Gasteiger partial charge in [-0.15, -0.1) is 0 Å². The number of nitro groups is 1. The summed E-state index contributed by atoms with van der Waals surface area (Å²) in [7, 11) is 1.94. The van der Waals surface area contributed by atoms with Crippen molar-refractivity contribution in [1.82, 2.24) is 4.90 Å². The molecule has 5 heteroatoms.